The Bertz CT molecular complexity index is 345. The molecule has 82 valence electrons. The normalized spacial score (nSPS) is 12.1. The van der Waals surface area contributed by atoms with Crippen molar-refractivity contribution in [3.63, 3.8) is 0 Å². The molecule has 0 fully saturated rings. The van der Waals surface area contributed by atoms with Crippen molar-refractivity contribution in [2.24, 2.45) is 0 Å². The summed E-state index contributed by atoms with van der Waals surface area (Å²) in [7, 11) is 1.29. The summed E-state index contributed by atoms with van der Waals surface area (Å²) < 4.78 is 4.83. The number of carbonyl (C=O) groups excluding carboxylic acids is 1. The highest BCUT2D eigenvalue weighted by molar-refractivity contribution is 5.94. The van der Waals surface area contributed by atoms with Crippen LogP contribution in [0.2, 0.25) is 0 Å². The van der Waals surface area contributed by atoms with Crippen molar-refractivity contribution in [3.05, 3.63) is 24.2 Å². The number of furan rings is 1. The first kappa shape index (κ1) is 11.3. The molecule has 0 aliphatic rings. The van der Waals surface area contributed by atoms with Gasteiger partial charge in [-0.1, -0.05) is 0 Å². The van der Waals surface area contributed by atoms with Crippen LogP contribution in [0.1, 0.15) is 10.6 Å². The summed E-state index contributed by atoms with van der Waals surface area (Å²) in [5.74, 6) is -1.81. The third kappa shape index (κ3) is 2.35. The molecule has 0 spiro atoms. The molecule has 6 nitrogen and oxygen atoms in total. The summed E-state index contributed by atoms with van der Waals surface area (Å²) in [6, 6.07) is 1.69. The molecule has 2 N–H and O–H groups in total. The zero-order valence-corrected chi connectivity index (χ0v) is 8.08. The number of likely N-dealkylation sites (N-methyl/N-ethyl adjacent to an activating group) is 1. The number of aliphatic carboxylic acids is 1. The average molecular weight is 213 g/mol. The van der Waals surface area contributed by atoms with Gasteiger partial charge in [0.25, 0.3) is 5.91 Å². The van der Waals surface area contributed by atoms with E-state index in [0.717, 1.165) is 4.90 Å². The second-order valence-electron chi connectivity index (χ2n) is 2.93. The molecule has 1 unspecified atom stereocenters. The van der Waals surface area contributed by atoms with Gasteiger partial charge in [-0.25, -0.2) is 4.79 Å². The van der Waals surface area contributed by atoms with Gasteiger partial charge in [0.05, 0.1) is 12.9 Å². The second-order valence-corrected chi connectivity index (χ2v) is 2.93. The fraction of sp³-hybridized carbons (Fsp3) is 0.333. The quantitative estimate of drug-likeness (QED) is 0.722. The van der Waals surface area contributed by atoms with Gasteiger partial charge in [0.15, 0.2) is 11.8 Å². The lowest BCUT2D eigenvalue weighted by Gasteiger charge is -2.21. The highest BCUT2D eigenvalue weighted by Gasteiger charge is 2.27. The minimum Gasteiger partial charge on any atom is -0.480 e. The topological polar surface area (TPSA) is 91.0 Å². The smallest absolute Gasteiger partial charge is 0.328 e. The lowest BCUT2D eigenvalue weighted by molar-refractivity contribution is -0.143. The van der Waals surface area contributed by atoms with Gasteiger partial charge < -0.3 is 19.5 Å². The number of carboxylic acids is 1. The summed E-state index contributed by atoms with van der Waals surface area (Å²) >= 11 is 0. The van der Waals surface area contributed by atoms with Crippen molar-refractivity contribution < 1.29 is 24.2 Å². The largest absolute Gasteiger partial charge is 0.480 e. The molecule has 0 saturated carbocycles. The molecule has 1 rings (SSSR count). The van der Waals surface area contributed by atoms with Crippen LogP contribution < -0.4 is 0 Å². The van der Waals surface area contributed by atoms with Gasteiger partial charge in [0.2, 0.25) is 0 Å². The van der Waals surface area contributed by atoms with Crippen LogP contribution in [0.15, 0.2) is 22.8 Å². The standard InChI is InChI=1S/C9H11NO5/c1-10(6(5-11)9(13)14)8(12)7-3-2-4-15-7/h2-4,6,11H,5H2,1H3,(H,13,14). The first-order chi connectivity index (χ1) is 7.07. The van der Waals surface area contributed by atoms with Gasteiger partial charge in [-0.3, -0.25) is 4.79 Å². The summed E-state index contributed by atoms with van der Waals surface area (Å²) in [4.78, 5) is 23.1. The van der Waals surface area contributed by atoms with Crippen molar-refractivity contribution in [2.75, 3.05) is 13.7 Å². The van der Waals surface area contributed by atoms with Crippen LogP contribution in [-0.4, -0.2) is 46.7 Å². The lowest BCUT2D eigenvalue weighted by Crippen LogP contribution is -2.44. The number of rotatable bonds is 4. The van der Waals surface area contributed by atoms with Crippen LogP contribution in [0.25, 0.3) is 0 Å². The molecule has 1 aromatic rings. The number of carbonyl (C=O) groups is 2. The van der Waals surface area contributed by atoms with E-state index in [1.807, 2.05) is 0 Å². The highest BCUT2D eigenvalue weighted by atomic mass is 16.4. The minimum absolute atomic E-state index is 0.0391. The van der Waals surface area contributed by atoms with Crippen LogP contribution >= 0.6 is 0 Å². The highest BCUT2D eigenvalue weighted by Crippen LogP contribution is 2.07. The predicted octanol–water partition coefficient (Wildman–Crippen LogP) is -0.203. The number of aliphatic hydroxyl groups is 1. The van der Waals surface area contributed by atoms with Crippen molar-refractivity contribution in [3.8, 4) is 0 Å². The molecule has 6 heteroatoms. The third-order valence-corrected chi connectivity index (χ3v) is 1.98. The van der Waals surface area contributed by atoms with Crippen LogP contribution in [0.4, 0.5) is 0 Å². The van der Waals surface area contributed by atoms with Gasteiger partial charge in [0, 0.05) is 7.05 Å². The fourth-order valence-corrected chi connectivity index (χ4v) is 1.08. The predicted molar refractivity (Wildman–Crippen MR) is 49.3 cm³/mol. The van der Waals surface area contributed by atoms with E-state index in [9.17, 15) is 9.59 Å². The molecule has 0 aromatic carbocycles. The summed E-state index contributed by atoms with van der Waals surface area (Å²) in [6.45, 7) is -0.641. The van der Waals surface area contributed by atoms with Gasteiger partial charge in [-0.15, -0.1) is 0 Å². The Morgan fingerprint density at radius 3 is 2.67 bits per heavy atom. The molecule has 0 bridgehead atoms. The Morgan fingerprint density at radius 1 is 1.60 bits per heavy atom. The number of amides is 1. The molecular formula is C9H11NO5. The molecule has 1 amide bonds. The first-order valence-electron chi connectivity index (χ1n) is 4.22. The molecule has 0 aliphatic heterocycles. The molecule has 0 radical (unpaired) electrons. The summed E-state index contributed by atoms with van der Waals surface area (Å²) in [5.41, 5.74) is 0. The molecule has 1 heterocycles. The first-order valence-corrected chi connectivity index (χ1v) is 4.22. The SMILES string of the molecule is CN(C(=O)c1ccco1)C(CO)C(=O)O. The molecule has 1 aromatic heterocycles. The minimum atomic E-state index is -1.26. The molecule has 1 atom stereocenters. The second kappa shape index (κ2) is 4.61. The summed E-state index contributed by atoms with van der Waals surface area (Å²) in [6.07, 6.45) is 1.32. The van der Waals surface area contributed by atoms with Crippen molar-refractivity contribution in [1.29, 1.82) is 0 Å². The van der Waals surface area contributed by atoms with E-state index in [1.54, 1.807) is 0 Å². The monoisotopic (exact) mass is 213 g/mol. The van der Waals surface area contributed by atoms with Crippen molar-refractivity contribution >= 4 is 11.9 Å². The number of aliphatic hydroxyl groups excluding tert-OH is 1. The number of hydrogen-bond donors (Lipinski definition) is 2. The van der Waals surface area contributed by atoms with E-state index >= 15 is 0 Å². The van der Waals surface area contributed by atoms with Gasteiger partial charge in [-0.2, -0.15) is 0 Å². The van der Waals surface area contributed by atoms with Crippen LogP contribution in [0, 0.1) is 0 Å². The van der Waals surface area contributed by atoms with E-state index in [4.69, 9.17) is 14.6 Å². The average Bonchev–Trinajstić information content (AvgIpc) is 2.69. The molecular weight excluding hydrogens is 202 g/mol. The number of nitrogens with zero attached hydrogens (tertiary/aromatic N) is 1. The number of carboxylic acid groups (broad SMARTS) is 1. The van der Waals surface area contributed by atoms with Crippen molar-refractivity contribution in [1.82, 2.24) is 4.90 Å². The van der Waals surface area contributed by atoms with E-state index in [1.165, 1.54) is 25.4 Å². The van der Waals surface area contributed by atoms with Crippen LogP contribution in [0.3, 0.4) is 0 Å². The van der Waals surface area contributed by atoms with E-state index in [0.29, 0.717) is 0 Å². The maximum absolute atomic E-state index is 11.6. The van der Waals surface area contributed by atoms with Crippen LogP contribution in [0.5, 0.6) is 0 Å². The Kier molecular flexibility index (Phi) is 3.46. The maximum atomic E-state index is 11.6. The summed E-state index contributed by atoms with van der Waals surface area (Å²) in [5, 5.41) is 17.5. The molecule has 15 heavy (non-hydrogen) atoms. The number of hydrogen-bond acceptors (Lipinski definition) is 4. The Hall–Kier alpha value is -1.82. The lowest BCUT2D eigenvalue weighted by atomic mass is 10.2. The zero-order chi connectivity index (χ0) is 11.4. The van der Waals surface area contributed by atoms with Crippen LogP contribution in [-0.2, 0) is 4.79 Å². The Labute approximate surface area is 85.7 Å². The Morgan fingerprint density at radius 2 is 2.27 bits per heavy atom. The third-order valence-electron chi connectivity index (χ3n) is 1.98. The molecule has 0 saturated heterocycles. The maximum Gasteiger partial charge on any atom is 0.328 e. The van der Waals surface area contributed by atoms with E-state index in [-0.39, 0.29) is 5.76 Å². The van der Waals surface area contributed by atoms with Gasteiger partial charge in [0.1, 0.15) is 0 Å². The van der Waals surface area contributed by atoms with Gasteiger partial charge in [-0.05, 0) is 12.1 Å². The van der Waals surface area contributed by atoms with Gasteiger partial charge >= 0.3 is 5.97 Å². The molecule has 0 aliphatic carbocycles. The fourth-order valence-electron chi connectivity index (χ4n) is 1.08. The zero-order valence-electron chi connectivity index (χ0n) is 8.08. The van der Waals surface area contributed by atoms with E-state index in [2.05, 4.69) is 0 Å². The Balaban J connectivity index is 2.80. The van der Waals surface area contributed by atoms with E-state index < -0.39 is 24.5 Å². The van der Waals surface area contributed by atoms with Crippen molar-refractivity contribution in [2.45, 2.75) is 6.04 Å².